The van der Waals surface area contributed by atoms with E-state index < -0.39 is 5.97 Å². The molecule has 2 aromatic heterocycles. The molecule has 0 spiro atoms. The first kappa shape index (κ1) is 13.3. The number of rotatable bonds is 4. The van der Waals surface area contributed by atoms with E-state index in [-0.39, 0.29) is 5.56 Å². The Balaban J connectivity index is 1.92. The average molecular weight is 299 g/mol. The summed E-state index contributed by atoms with van der Waals surface area (Å²) in [6.45, 7) is 0. The van der Waals surface area contributed by atoms with Crippen LogP contribution < -0.4 is 0 Å². The van der Waals surface area contributed by atoms with Crippen molar-refractivity contribution in [1.29, 1.82) is 0 Å². The topological polar surface area (TPSA) is 93.8 Å². The Hall–Kier alpha value is -2.74. The molecule has 1 N–H and O–H groups in total. The lowest BCUT2D eigenvalue weighted by molar-refractivity contribution is 0.0696. The largest absolute Gasteiger partial charge is 0.478 e. The molecular weight excluding hydrogens is 290 g/mol. The summed E-state index contributed by atoms with van der Waals surface area (Å²) in [5.74, 6) is -0.998. The van der Waals surface area contributed by atoms with Gasteiger partial charge in [0.2, 0.25) is 5.16 Å². The molecule has 104 valence electrons. The number of tetrazole rings is 1. The van der Waals surface area contributed by atoms with Crippen LogP contribution >= 0.6 is 11.8 Å². The zero-order valence-corrected chi connectivity index (χ0v) is 11.4. The Morgan fingerprint density at radius 1 is 1.19 bits per heavy atom. The smallest absolute Gasteiger partial charge is 0.335 e. The van der Waals surface area contributed by atoms with Crippen molar-refractivity contribution in [3.8, 4) is 5.69 Å². The third kappa shape index (κ3) is 2.90. The van der Waals surface area contributed by atoms with Crippen LogP contribution in [-0.2, 0) is 0 Å². The van der Waals surface area contributed by atoms with E-state index in [9.17, 15) is 4.79 Å². The molecule has 0 unspecified atom stereocenters. The standard InChI is InChI=1S/C13H9N5O2S/c19-12(20)9-6-7-14-11(8-9)21-13-15-16-17-18(13)10-4-2-1-3-5-10/h1-8H,(H,19,20). The molecule has 1 aromatic carbocycles. The van der Waals surface area contributed by atoms with E-state index >= 15 is 0 Å². The Morgan fingerprint density at radius 3 is 2.76 bits per heavy atom. The summed E-state index contributed by atoms with van der Waals surface area (Å²) < 4.78 is 1.57. The van der Waals surface area contributed by atoms with Crippen molar-refractivity contribution in [2.75, 3.05) is 0 Å². The molecule has 7 nitrogen and oxygen atoms in total. The van der Waals surface area contributed by atoms with Gasteiger partial charge in [-0.3, -0.25) is 0 Å². The first-order chi connectivity index (χ1) is 10.2. The zero-order chi connectivity index (χ0) is 14.7. The number of pyridine rings is 1. The summed E-state index contributed by atoms with van der Waals surface area (Å²) in [4.78, 5) is 15.1. The highest BCUT2D eigenvalue weighted by Gasteiger charge is 2.12. The minimum Gasteiger partial charge on any atom is -0.478 e. The molecule has 3 aromatic rings. The number of carboxylic acids is 1. The van der Waals surface area contributed by atoms with Crippen molar-refractivity contribution in [3.05, 3.63) is 54.2 Å². The van der Waals surface area contributed by atoms with Gasteiger partial charge in [0.1, 0.15) is 5.03 Å². The van der Waals surface area contributed by atoms with Gasteiger partial charge in [0.05, 0.1) is 11.3 Å². The molecule has 2 heterocycles. The van der Waals surface area contributed by atoms with Gasteiger partial charge in [0.15, 0.2) is 0 Å². The van der Waals surface area contributed by atoms with E-state index in [1.807, 2.05) is 30.3 Å². The van der Waals surface area contributed by atoms with Crippen molar-refractivity contribution < 1.29 is 9.90 Å². The van der Waals surface area contributed by atoms with E-state index in [0.717, 1.165) is 5.69 Å². The van der Waals surface area contributed by atoms with E-state index in [4.69, 9.17) is 5.11 Å². The van der Waals surface area contributed by atoms with Crippen LogP contribution in [0.5, 0.6) is 0 Å². The van der Waals surface area contributed by atoms with E-state index in [1.54, 1.807) is 4.68 Å². The van der Waals surface area contributed by atoms with Crippen molar-refractivity contribution in [2.45, 2.75) is 10.2 Å². The van der Waals surface area contributed by atoms with Crippen LogP contribution in [-0.4, -0.2) is 36.3 Å². The highest BCUT2D eigenvalue weighted by Crippen LogP contribution is 2.25. The second-order valence-corrected chi connectivity index (χ2v) is 4.99. The predicted octanol–water partition coefficient (Wildman–Crippen LogP) is 1.91. The summed E-state index contributed by atoms with van der Waals surface area (Å²) in [6, 6.07) is 12.3. The normalized spacial score (nSPS) is 10.5. The quantitative estimate of drug-likeness (QED) is 0.786. The molecule has 0 aliphatic carbocycles. The monoisotopic (exact) mass is 299 g/mol. The molecule has 0 aliphatic heterocycles. The van der Waals surface area contributed by atoms with Gasteiger partial charge in [-0.2, -0.15) is 4.68 Å². The molecule has 0 aliphatic rings. The molecule has 8 heteroatoms. The molecule has 3 rings (SSSR count). The van der Waals surface area contributed by atoms with E-state index in [2.05, 4.69) is 20.5 Å². The SMILES string of the molecule is O=C(O)c1ccnc(Sc2nnnn2-c2ccccc2)c1. The maximum atomic E-state index is 11.0. The van der Waals surface area contributed by atoms with Gasteiger partial charge in [-0.15, -0.1) is 5.10 Å². The number of benzene rings is 1. The third-order valence-electron chi connectivity index (χ3n) is 2.62. The minimum absolute atomic E-state index is 0.172. The van der Waals surface area contributed by atoms with Gasteiger partial charge in [-0.25, -0.2) is 9.78 Å². The molecule has 0 atom stereocenters. The number of nitrogens with zero attached hydrogens (tertiary/aromatic N) is 5. The molecule has 0 amide bonds. The number of aromatic nitrogens is 5. The van der Waals surface area contributed by atoms with Crippen LogP contribution in [0.15, 0.2) is 58.8 Å². The van der Waals surface area contributed by atoms with Crippen LogP contribution in [0, 0.1) is 0 Å². The van der Waals surface area contributed by atoms with Gasteiger partial charge < -0.3 is 5.11 Å². The highest BCUT2D eigenvalue weighted by molar-refractivity contribution is 7.99. The van der Waals surface area contributed by atoms with Crippen LogP contribution in [0.1, 0.15) is 10.4 Å². The molecule has 0 saturated heterocycles. The molecule has 21 heavy (non-hydrogen) atoms. The maximum absolute atomic E-state index is 11.0. The minimum atomic E-state index is -0.998. The van der Waals surface area contributed by atoms with Crippen molar-refractivity contribution in [3.63, 3.8) is 0 Å². The summed E-state index contributed by atoms with van der Waals surface area (Å²) in [5.41, 5.74) is 0.991. The fourth-order valence-corrected chi connectivity index (χ4v) is 2.46. The lowest BCUT2D eigenvalue weighted by Crippen LogP contribution is -2.00. The van der Waals surface area contributed by atoms with Gasteiger partial charge >= 0.3 is 5.97 Å². The first-order valence-electron chi connectivity index (χ1n) is 5.95. The summed E-state index contributed by atoms with van der Waals surface area (Å²) in [7, 11) is 0. The second-order valence-electron chi connectivity index (χ2n) is 4.00. The average Bonchev–Trinajstić information content (AvgIpc) is 2.96. The molecule has 0 bridgehead atoms. The van der Waals surface area contributed by atoms with Crippen LogP contribution in [0.25, 0.3) is 5.69 Å². The lowest BCUT2D eigenvalue weighted by atomic mass is 10.3. The number of aromatic carboxylic acids is 1. The van der Waals surface area contributed by atoms with Gasteiger partial charge in [0, 0.05) is 6.20 Å². The summed E-state index contributed by atoms with van der Waals surface area (Å²) in [6.07, 6.45) is 1.45. The number of carboxylic acid groups (broad SMARTS) is 1. The van der Waals surface area contributed by atoms with Gasteiger partial charge in [-0.05, 0) is 46.5 Å². The predicted molar refractivity (Wildman–Crippen MR) is 74.5 cm³/mol. The maximum Gasteiger partial charge on any atom is 0.335 e. The molecule has 0 saturated carbocycles. The summed E-state index contributed by atoms with van der Waals surface area (Å²) in [5, 5.41) is 21.5. The zero-order valence-electron chi connectivity index (χ0n) is 10.6. The molecule has 0 radical (unpaired) electrons. The molecule has 0 fully saturated rings. The molecular formula is C13H9N5O2S. The fraction of sp³-hybridized carbons (Fsp3) is 0. The van der Waals surface area contributed by atoms with Gasteiger partial charge in [0.25, 0.3) is 0 Å². The number of para-hydroxylation sites is 1. The van der Waals surface area contributed by atoms with E-state index in [1.165, 1.54) is 30.1 Å². The lowest BCUT2D eigenvalue weighted by Gasteiger charge is -2.03. The number of hydrogen-bond acceptors (Lipinski definition) is 6. The van der Waals surface area contributed by atoms with Crippen LogP contribution in [0.2, 0.25) is 0 Å². The van der Waals surface area contributed by atoms with E-state index in [0.29, 0.717) is 10.2 Å². The second kappa shape index (κ2) is 5.71. The Bertz CT molecular complexity index is 775. The highest BCUT2D eigenvalue weighted by atomic mass is 32.2. The van der Waals surface area contributed by atoms with Crippen LogP contribution in [0.3, 0.4) is 0 Å². The first-order valence-corrected chi connectivity index (χ1v) is 6.77. The Morgan fingerprint density at radius 2 is 2.00 bits per heavy atom. The third-order valence-corrected chi connectivity index (χ3v) is 3.49. The Labute approximate surface area is 123 Å². The van der Waals surface area contributed by atoms with Crippen molar-refractivity contribution >= 4 is 17.7 Å². The van der Waals surface area contributed by atoms with Crippen molar-refractivity contribution in [1.82, 2.24) is 25.2 Å². The Kier molecular flexibility index (Phi) is 3.61. The van der Waals surface area contributed by atoms with Gasteiger partial charge in [-0.1, -0.05) is 18.2 Å². The number of hydrogen-bond donors (Lipinski definition) is 1. The number of carbonyl (C=O) groups is 1. The fourth-order valence-electron chi connectivity index (χ4n) is 1.67. The van der Waals surface area contributed by atoms with Crippen molar-refractivity contribution in [2.24, 2.45) is 0 Å². The summed E-state index contributed by atoms with van der Waals surface area (Å²) >= 11 is 1.20. The van der Waals surface area contributed by atoms with Crippen LogP contribution in [0.4, 0.5) is 0 Å².